The van der Waals surface area contributed by atoms with Gasteiger partial charge < -0.3 is 0 Å². The lowest BCUT2D eigenvalue weighted by Crippen LogP contribution is -2.20. The van der Waals surface area contributed by atoms with Gasteiger partial charge in [0.05, 0.1) is 5.69 Å². The smallest absolute Gasteiger partial charge is 0.261 e. The fourth-order valence-corrected chi connectivity index (χ4v) is 2.27. The summed E-state index contributed by atoms with van der Waals surface area (Å²) in [7, 11) is 0. The molecule has 2 heterocycles. The highest BCUT2D eigenvalue weighted by Gasteiger charge is 2.18. The molecule has 2 aromatic rings. The fourth-order valence-electron chi connectivity index (χ4n) is 2.27. The first kappa shape index (κ1) is 8.65. The maximum Gasteiger partial charge on any atom is 0.261 e. The van der Waals surface area contributed by atoms with Crippen molar-refractivity contribution in [3.8, 4) is 0 Å². The summed E-state index contributed by atoms with van der Waals surface area (Å²) in [6.45, 7) is 1.99. The third-order valence-corrected chi connectivity index (χ3v) is 3.07. The highest BCUT2D eigenvalue weighted by Crippen LogP contribution is 2.17. The Bertz CT molecular complexity index is 598. The van der Waals surface area contributed by atoms with Crippen molar-refractivity contribution in [1.82, 2.24) is 9.38 Å². The summed E-state index contributed by atoms with van der Waals surface area (Å²) >= 11 is 0. The van der Waals surface area contributed by atoms with Crippen molar-refractivity contribution in [2.75, 3.05) is 0 Å². The van der Waals surface area contributed by atoms with Gasteiger partial charge in [0.25, 0.3) is 5.56 Å². The molecule has 3 rings (SSSR count). The Morgan fingerprint density at radius 2 is 2.27 bits per heavy atom. The summed E-state index contributed by atoms with van der Waals surface area (Å²) in [5.74, 6) is 0. The zero-order valence-corrected chi connectivity index (χ0v) is 8.66. The zero-order valence-electron chi connectivity index (χ0n) is 8.66. The molecule has 0 amide bonds. The molecule has 0 radical (unpaired) electrons. The van der Waals surface area contributed by atoms with Crippen LogP contribution >= 0.6 is 0 Å². The van der Waals surface area contributed by atoms with Crippen LogP contribution in [0, 0.1) is 6.92 Å². The van der Waals surface area contributed by atoms with Gasteiger partial charge in [-0.1, -0.05) is 6.07 Å². The highest BCUT2D eigenvalue weighted by molar-refractivity contribution is 5.48. The lowest BCUT2D eigenvalue weighted by atomic mass is 10.2. The van der Waals surface area contributed by atoms with E-state index in [4.69, 9.17) is 0 Å². The van der Waals surface area contributed by atoms with Crippen LogP contribution in [0.3, 0.4) is 0 Å². The van der Waals surface area contributed by atoms with Crippen molar-refractivity contribution in [3.63, 3.8) is 0 Å². The first-order valence-corrected chi connectivity index (χ1v) is 5.27. The minimum atomic E-state index is 0.121. The van der Waals surface area contributed by atoms with Crippen LogP contribution in [0.25, 0.3) is 5.65 Å². The summed E-state index contributed by atoms with van der Waals surface area (Å²) in [4.78, 5) is 16.7. The number of hydrogen-bond acceptors (Lipinski definition) is 2. The van der Waals surface area contributed by atoms with Gasteiger partial charge in [-0.15, -0.1) is 0 Å². The number of pyridine rings is 1. The number of rotatable bonds is 0. The van der Waals surface area contributed by atoms with E-state index in [1.165, 1.54) is 0 Å². The molecule has 15 heavy (non-hydrogen) atoms. The van der Waals surface area contributed by atoms with E-state index in [-0.39, 0.29) is 5.56 Å². The number of hydrogen-bond donors (Lipinski definition) is 0. The van der Waals surface area contributed by atoms with Crippen LogP contribution < -0.4 is 5.56 Å². The Morgan fingerprint density at radius 1 is 1.40 bits per heavy atom. The van der Waals surface area contributed by atoms with Gasteiger partial charge in [-0.2, -0.15) is 0 Å². The van der Waals surface area contributed by atoms with Gasteiger partial charge in [0.1, 0.15) is 5.65 Å². The van der Waals surface area contributed by atoms with Crippen LogP contribution in [0.5, 0.6) is 0 Å². The molecule has 0 saturated carbocycles. The molecule has 1 aliphatic rings. The largest absolute Gasteiger partial charge is 0.269 e. The average molecular weight is 200 g/mol. The number of nitrogens with zero attached hydrogens (tertiary/aromatic N) is 2. The zero-order chi connectivity index (χ0) is 10.4. The van der Waals surface area contributed by atoms with Gasteiger partial charge in [-0.3, -0.25) is 9.20 Å². The molecule has 0 saturated heterocycles. The topological polar surface area (TPSA) is 34.4 Å². The Kier molecular flexibility index (Phi) is 1.69. The van der Waals surface area contributed by atoms with Crippen molar-refractivity contribution in [2.45, 2.75) is 26.2 Å². The van der Waals surface area contributed by atoms with Crippen molar-refractivity contribution < 1.29 is 0 Å². The van der Waals surface area contributed by atoms with Crippen molar-refractivity contribution in [3.05, 3.63) is 45.5 Å². The number of aryl methyl sites for hydroxylation is 2. The van der Waals surface area contributed by atoms with Gasteiger partial charge in [0.15, 0.2) is 0 Å². The number of aromatic nitrogens is 2. The SMILES string of the molecule is Cc1cccn2c(=O)c3c(nc12)CCC3. The Hall–Kier alpha value is -1.64. The maximum absolute atomic E-state index is 12.1. The average Bonchev–Trinajstić information content (AvgIpc) is 2.68. The van der Waals surface area contributed by atoms with E-state index >= 15 is 0 Å². The monoisotopic (exact) mass is 200 g/mol. The molecule has 3 heteroatoms. The third kappa shape index (κ3) is 1.12. The highest BCUT2D eigenvalue weighted by atomic mass is 16.1. The second kappa shape index (κ2) is 2.92. The predicted molar refractivity (Wildman–Crippen MR) is 58.2 cm³/mol. The molecule has 0 aromatic carbocycles. The van der Waals surface area contributed by atoms with Crippen LogP contribution in [-0.2, 0) is 12.8 Å². The molecular formula is C12H12N2O. The molecule has 0 unspecified atom stereocenters. The second-order valence-electron chi connectivity index (χ2n) is 4.08. The molecule has 0 atom stereocenters. The lowest BCUT2D eigenvalue weighted by molar-refractivity contribution is 0.899. The van der Waals surface area contributed by atoms with E-state index in [2.05, 4.69) is 4.98 Å². The van der Waals surface area contributed by atoms with E-state index < -0.39 is 0 Å². The molecule has 3 nitrogen and oxygen atoms in total. The summed E-state index contributed by atoms with van der Waals surface area (Å²) < 4.78 is 1.67. The molecule has 0 fully saturated rings. The predicted octanol–water partition coefficient (Wildman–Crippen LogP) is 1.49. The van der Waals surface area contributed by atoms with Crippen molar-refractivity contribution in [1.29, 1.82) is 0 Å². The first-order valence-electron chi connectivity index (χ1n) is 5.27. The van der Waals surface area contributed by atoms with Crippen LogP contribution in [-0.4, -0.2) is 9.38 Å². The molecule has 1 aliphatic carbocycles. The molecule has 76 valence electrons. The van der Waals surface area contributed by atoms with Crippen LogP contribution in [0.4, 0.5) is 0 Å². The normalized spacial score (nSPS) is 14.5. The van der Waals surface area contributed by atoms with E-state index in [9.17, 15) is 4.79 Å². The van der Waals surface area contributed by atoms with Crippen LogP contribution in [0.2, 0.25) is 0 Å². The quantitative estimate of drug-likeness (QED) is 0.645. The van der Waals surface area contributed by atoms with E-state index in [1.54, 1.807) is 10.6 Å². The van der Waals surface area contributed by atoms with Gasteiger partial charge >= 0.3 is 0 Å². The minimum Gasteiger partial charge on any atom is -0.269 e. The van der Waals surface area contributed by atoms with E-state index in [0.29, 0.717) is 0 Å². The first-order chi connectivity index (χ1) is 7.27. The molecule has 0 aliphatic heterocycles. The molecule has 0 bridgehead atoms. The summed E-state index contributed by atoms with van der Waals surface area (Å²) in [6, 6.07) is 3.88. The second-order valence-corrected chi connectivity index (χ2v) is 4.08. The number of fused-ring (bicyclic) bond motifs is 2. The minimum absolute atomic E-state index is 0.121. The van der Waals surface area contributed by atoms with E-state index in [0.717, 1.165) is 41.7 Å². The van der Waals surface area contributed by atoms with Gasteiger partial charge in [-0.05, 0) is 37.8 Å². The third-order valence-electron chi connectivity index (χ3n) is 3.07. The van der Waals surface area contributed by atoms with Gasteiger partial charge in [0, 0.05) is 11.8 Å². The van der Waals surface area contributed by atoms with Crippen LogP contribution in [0.15, 0.2) is 23.1 Å². The maximum atomic E-state index is 12.1. The molecular weight excluding hydrogens is 188 g/mol. The molecule has 0 spiro atoms. The Labute approximate surface area is 87.4 Å². The summed E-state index contributed by atoms with van der Waals surface area (Å²) in [5, 5.41) is 0. The summed E-state index contributed by atoms with van der Waals surface area (Å²) in [5.41, 5.74) is 3.91. The molecule has 0 N–H and O–H groups in total. The van der Waals surface area contributed by atoms with Crippen molar-refractivity contribution >= 4 is 5.65 Å². The van der Waals surface area contributed by atoms with Crippen LogP contribution in [0.1, 0.15) is 23.2 Å². The Morgan fingerprint density at radius 3 is 3.13 bits per heavy atom. The lowest BCUT2D eigenvalue weighted by Gasteiger charge is -2.05. The van der Waals surface area contributed by atoms with Crippen molar-refractivity contribution in [2.24, 2.45) is 0 Å². The molecule has 2 aromatic heterocycles. The Balaban J connectivity index is 2.52. The fraction of sp³-hybridized carbons (Fsp3) is 0.333. The summed E-state index contributed by atoms with van der Waals surface area (Å²) in [6.07, 6.45) is 4.71. The van der Waals surface area contributed by atoms with Gasteiger partial charge in [-0.25, -0.2) is 4.98 Å². The van der Waals surface area contributed by atoms with E-state index in [1.807, 2.05) is 19.1 Å². The van der Waals surface area contributed by atoms with Gasteiger partial charge in [0.2, 0.25) is 0 Å². The standard InChI is InChI=1S/C12H12N2O/c1-8-4-3-7-14-11(8)13-10-6-2-5-9(10)12(14)15/h3-4,7H,2,5-6H2,1H3.